The summed E-state index contributed by atoms with van der Waals surface area (Å²) in [6.45, 7) is 0. The van der Waals surface area contributed by atoms with Gasteiger partial charge in [0.15, 0.2) is 0 Å². The van der Waals surface area contributed by atoms with Gasteiger partial charge in [0.25, 0.3) is 0 Å². The number of para-hydroxylation sites is 1. The Morgan fingerprint density at radius 3 is 2.83 bits per heavy atom. The molecule has 5 heteroatoms. The van der Waals surface area contributed by atoms with E-state index in [2.05, 4.69) is 21.0 Å². The molecule has 5 nitrogen and oxygen atoms in total. The fourth-order valence-electron chi connectivity index (χ4n) is 1.82. The maximum atomic E-state index is 11.0. The van der Waals surface area contributed by atoms with Crippen molar-refractivity contribution in [1.29, 1.82) is 5.26 Å². The van der Waals surface area contributed by atoms with E-state index in [-0.39, 0.29) is 5.56 Å². The number of hydrogen-bond acceptors (Lipinski definition) is 3. The van der Waals surface area contributed by atoms with Crippen LogP contribution in [0.1, 0.15) is 5.56 Å². The highest BCUT2D eigenvalue weighted by Gasteiger charge is 2.08. The Morgan fingerprint density at radius 2 is 2.11 bits per heavy atom. The Morgan fingerprint density at radius 1 is 1.22 bits per heavy atom. The molecule has 0 aliphatic rings. The molecule has 0 aliphatic heterocycles. The first-order chi connectivity index (χ1) is 8.78. The summed E-state index contributed by atoms with van der Waals surface area (Å²) in [5, 5.41) is 9.00. The maximum absolute atomic E-state index is 11.0. The molecule has 0 aliphatic carbocycles. The van der Waals surface area contributed by atoms with Gasteiger partial charge >= 0.3 is 0 Å². The highest BCUT2D eigenvalue weighted by molar-refractivity contribution is 5.84. The molecule has 0 bridgehead atoms. The minimum absolute atomic E-state index is 0.160. The van der Waals surface area contributed by atoms with Crippen LogP contribution in [-0.4, -0.2) is 15.0 Å². The molecule has 3 aromatic rings. The summed E-state index contributed by atoms with van der Waals surface area (Å²) < 4.78 is 0. The molecule has 0 saturated carbocycles. The van der Waals surface area contributed by atoms with E-state index in [1.54, 1.807) is 24.4 Å². The van der Waals surface area contributed by atoms with E-state index < -0.39 is 0 Å². The van der Waals surface area contributed by atoms with E-state index in [9.17, 15) is 4.79 Å². The quantitative estimate of drug-likeness (QED) is 0.675. The minimum Gasteiger partial charge on any atom is -0.338 e. The highest BCUT2D eigenvalue weighted by atomic mass is 16.1. The van der Waals surface area contributed by atoms with Gasteiger partial charge in [-0.3, -0.25) is 4.79 Å². The monoisotopic (exact) mass is 236 g/mol. The Hall–Kier alpha value is -2.87. The fourth-order valence-corrected chi connectivity index (χ4v) is 1.82. The lowest BCUT2D eigenvalue weighted by atomic mass is 10.2. The first-order valence-corrected chi connectivity index (χ1v) is 5.36. The molecule has 3 rings (SSSR count). The summed E-state index contributed by atoms with van der Waals surface area (Å²) in [6, 6.07) is 10.6. The number of rotatable bonds is 1. The normalized spacial score (nSPS) is 10.4. The van der Waals surface area contributed by atoms with E-state index >= 15 is 0 Å². The molecule has 2 aromatic heterocycles. The predicted molar refractivity (Wildman–Crippen MR) is 66.9 cm³/mol. The maximum Gasteiger partial charge on any atom is 0.247 e. The zero-order valence-electron chi connectivity index (χ0n) is 9.27. The van der Waals surface area contributed by atoms with Crippen molar-refractivity contribution < 1.29 is 0 Å². The molecule has 0 fully saturated rings. The van der Waals surface area contributed by atoms with E-state index in [0.717, 1.165) is 11.1 Å². The van der Waals surface area contributed by atoms with Gasteiger partial charge in [0.05, 0.1) is 11.1 Å². The molecule has 2 N–H and O–H groups in total. The van der Waals surface area contributed by atoms with Crippen LogP contribution in [-0.2, 0) is 0 Å². The van der Waals surface area contributed by atoms with E-state index in [4.69, 9.17) is 5.26 Å². The number of nitrogens with one attached hydrogen (secondary N) is 2. The number of H-pyrrole nitrogens is 2. The zero-order chi connectivity index (χ0) is 12.5. The van der Waals surface area contributed by atoms with Gasteiger partial charge in [-0.15, -0.1) is 0 Å². The van der Waals surface area contributed by atoms with Crippen molar-refractivity contribution in [2.24, 2.45) is 0 Å². The third-order valence-corrected chi connectivity index (χ3v) is 2.69. The zero-order valence-corrected chi connectivity index (χ0v) is 9.27. The molecular weight excluding hydrogens is 228 g/mol. The van der Waals surface area contributed by atoms with E-state index in [1.165, 1.54) is 6.07 Å². The van der Waals surface area contributed by atoms with Crippen LogP contribution in [0.15, 0.2) is 41.3 Å². The van der Waals surface area contributed by atoms with Gasteiger partial charge in [0.1, 0.15) is 17.4 Å². The molecule has 86 valence electrons. The first kappa shape index (κ1) is 10.3. The standard InChI is InChI=1S/C13H8N4O/c14-6-8-2-1-3-10-12(8)17-13(16-10)9-4-5-11(18)15-7-9/h1-5,7H,(H,15,18)(H,16,17). The SMILES string of the molecule is N#Cc1cccc2[nH]c(-c3ccc(=O)[nH]c3)nc12. The summed E-state index contributed by atoms with van der Waals surface area (Å²) in [5.41, 5.74) is 2.58. The van der Waals surface area contributed by atoms with Crippen molar-refractivity contribution in [2.75, 3.05) is 0 Å². The Labute approximate surface area is 102 Å². The van der Waals surface area contributed by atoms with Crippen molar-refractivity contribution in [3.05, 3.63) is 52.4 Å². The second kappa shape index (κ2) is 3.86. The number of imidazole rings is 1. The third kappa shape index (κ3) is 1.57. The van der Waals surface area contributed by atoms with Crippen LogP contribution in [0.5, 0.6) is 0 Å². The van der Waals surface area contributed by atoms with Crippen LogP contribution in [0.4, 0.5) is 0 Å². The lowest BCUT2D eigenvalue weighted by molar-refractivity contribution is 1.22. The molecular formula is C13H8N4O. The van der Waals surface area contributed by atoms with Crippen LogP contribution in [0, 0.1) is 11.3 Å². The smallest absolute Gasteiger partial charge is 0.247 e. The number of fused-ring (bicyclic) bond motifs is 1. The summed E-state index contributed by atoms with van der Waals surface area (Å²) in [5.74, 6) is 0.629. The summed E-state index contributed by atoms with van der Waals surface area (Å²) >= 11 is 0. The van der Waals surface area contributed by atoms with Crippen LogP contribution in [0.25, 0.3) is 22.4 Å². The van der Waals surface area contributed by atoms with Crippen molar-refractivity contribution >= 4 is 11.0 Å². The average molecular weight is 236 g/mol. The summed E-state index contributed by atoms with van der Waals surface area (Å²) in [4.78, 5) is 21.1. The van der Waals surface area contributed by atoms with Crippen molar-refractivity contribution in [3.8, 4) is 17.5 Å². The molecule has 0 spiro atoms. The lowest BCUT2D eigenvalue weighted by Gasteiger charge is -1.93. The summed E-state index contributed by atoms with van der Waals surface area (Å²) in [7, 11) is 0. The van der Waals surface area contributed by atoms with Crippen LogP contribution in [0.3, 0.4) is 0 Å². The number of aromatic nitrogens is 3. The average Bonchev–Trinajstić information content (AvgIpc) is 2.83. The van der Waals surface area contributed by atoms with Gasteiger partial charge in [0.2, 0.25) is 5.56 Å². The van der Waals surface area contributed by atoms with Gasteiger partial charge < -0.3 is 9.97 Å². The second-order valence-electron chi connectivity index (χ2n) is 3.84. The Bertz CT molecular complexity index is 802. The Balaban J connectivity index is 2.23. The summed E-state index contributed by atoms with van der Waals surface area (Å²) in [6.07, 6.45) is 1.59. The number of nitrogens with zero attached hydrogens (tertiary/aromatic N) is 2. The molecule has 1 aromatic carbocycles. The third-order valence-electron chi connectivity index (χ3n) is 2.69. The van der Waals surface area contributed by atoms with E-state index in [0.29, 0.717) is 16.9 Å². The number of aromatic amines is 2. The molecule has 0 unspecified atom stereocenters. The molecule has 18 heavy (non-hydrogen) atoms. The minimum atomic E-state index is -0.160. The van der Waals surface area contributed by atoms with Gasteiger partial charge in [-0.05, 0) is 18.2 Å². The molecule has 0 saturated heterocycles. The van der Waals surface area contributed by atoms with Gasteiger partial charge in [-0.1, -0.05) is 6.07 Å². The molecule has 0 radical (unpaired) electrons. The number of benzene rings is 1. The molecule has 2 heterocycles. The molecule has 0 amide bonds. The topological polar surface area (TPSA) is 85.3 Å². The van der Waals surface area contributed by atoms with Gasteiger partial charge in [0, 0.05) is 17.8 Å². The van der Waals surface area contributed by atoms with Gasteiger partial charge in [-0.25, -0.2) is 4.98 Å². The largest absolute Gasteiger partial charge is 0.338 e. The van der Waals surface area contributed by atoms with Crippen LogP contribution < -0.4 is 5.56 Å². The fraction of sp³-hybridized carbons (Fsp3) is 0. The second-order valence-corrected chi connectivity index (χ2v) is 3.84. The number of pyridine rings is 1. The lowest BCUT2D eigenvalue weighted by Crippen LogP contribution is -2.01. The molecule has 0 atom stereocenters. The van der Waals surface area contributed by atoms with Crippen molar-refractivity contribution in [3.63, 3.8) is 0 Å². The predicted octanol–water partition coefficient (Wildman–Crippen LogP) is 1.79. The van der Waals surface area contributed by atoms with Crippen LogP contribution in [0.2, 0.25) is 0 Å². The first-order valence-electron chi connectivity index (χ1n) is 5.36. The number of nitriles is 1. The van der Waals surface area contributed by atoms with E-state index in [1.807, 2.05) is 6.07 Å². The van der Waals surface area contributed by atoms with Gasteiger partial charge in [-0.2, -0.15) is 5.26 Å². The van der Waals surface area contributed by atoms with Crippen LogP contribution >= 0.6 is 0 Å². The number of hydrogen-bond donors (Lipinski definition) is 2. The highest BCUT2D eigenvalue weighted by Crippen LogP contribution is 2.21. The van der Waals surface area contributed by atoms with Crippen molar-refractivity contribution in [2.45, 2.75) is 0 Å². The van der Waals surface area contributed by atoms with Crippen molar-refractivity contribution in [1.82, 2.24) is 15.0 Å². The Kier molecular flexibility index (Phi) is 2.21.